The zero-order chi connectivity index (χ0) is 12.1. The number of nitrogens with two attached hydrogens (primary N) is 1. The molecule has 0 saturated heterocycles. The maximum atomic E-state index is 5.48. The minimum absolute atomic E-state index is 0.599. The Morgan fingerprint density at radius 1 is 1.18 bits per heavy atom. The van der Waals surface area contributed by atoms with Gasteiger partial charge >= 0.3 is 0 Å². The summed E-state index contributed by atoms with van der Waals surface area (Å²) in [6.45, 7) is 2.78. The molecule has 17 heavy (non-hydrogen) atoms. The van der Waals surface area contributed by atoms with E-state index in [1.54, 1.807) is 6.26 Å². The van der Waals surface area contributed by atoms with Crippen LogP contribution in [0.5, 0.6) is 0 Å². The van der Waals surface area contributed by atoms with Crippen LogP contribution >= 0.6 is 0 Å². The van der Waals surface area contributed by atoms with Crippen molar-refractivity contribution in [3.8, 4) is 11.5 Å². The molecule has 0 spiro atoms. The van der Waals surface area contributed by atoms with Gasteiger partial charge in [0.15, 0.2) is 0 Å². The highest BCUT2D eigenvalue weighted by Gasteiger charge is 2.05. The number of hydrogen-bond donors (Lipinski definition) is 1. The Balaban J connectivity index is 2.15. The summed E-state index contributed by atoms with van der Waals surface area (Å²) in [6.07, 6.45) is 4.73. The van der Waals surface area contributed by atoms with Crippen molar-refractivity contribution < 1.29 is 4.42 Å². The van der Waals surface area contributed by atoms with Gasteiger partial charge in [-0.15, -0.1) is 0 Å². The molecule has 0 atom stereocenters. The lowest BCUT2D eigenvalue weighted by Crippen LogP contribution is -2.02. The fraction of sp³-hybridized carbons (Fsp3) is 0.357. The summed E-state index contributed by atoms with van der Waals surface area (Å²) in [5, 5.41) is 0. The van der Waals surface area contributed by atoms with E-state index in [-0.39, 0.29) is 0 Å². The van der Waals surface area contributed by atoms with Crippen LogP contribution in [0.4, 0.5) is 0 Å². The monoisotopic (exact) mass is 230 g/mol. The number of oxazole rings is 1. The quantitative estimate of drug-likeness (QED) is 0.859. The first-order chi connectivity index (χ1) is 8.33. The predicted octanol–water partition coefficient (Wildman–Crippen LogP) is 2.80. The van der Waals surface area contributed by atoms with Crippen molar-refractivity contribution in [3.63, 3.8) is 0 Å². The lowest BCUT2D eigenvalue weighted by atomic mass is 10.1. The number of aryl methyl sites for hydroxylation is 1. The van der Waals surface area contributed by atoms with E-state index in [9.17, 15) is 0 Å². The van der Waals surface area contributed by atoms with E-state index >= 15 is 0 Å². The minimum Gasteiger partial charge on any atom is -0.444 e. The van der Waals surface area contributed by atoms with E-state index in [4.69, 9.17) is 10.2 Å². The normalized spacial score (nSPS) is 10.7. The molecule has 0 aliphatic carbocycles. The van der Waals surface area contributed by atoms with Crippen LogP contribution in [0.3, 0.4) is 0 Å². The molecule has 2 N–H and O–H groups in total. The van der Waals surface area contributed by atoms with Gasteiger partial charge in [0.05, 0.1) is 5.69 Å². The zero-order valence-electron chi connectivity index (χ0n) is 10.1. The summed E-state index contributed by atoms with van der Waals surface area (Å²) in [6, 6.07) is 8.38. The summed E-state index contributed by atoms with van der Waals surface area (Å²) in [7, 11) is 0. The smallest absolute Gasteiger partial charge is 0.226 e. The molecule has 1 aromatic carbocycles. The molecule has 3 heteroatoms. The maximum absolute atomic E-state index is 5.48. The second-order valence-corrected chi connectivity index (χ2v) is 4.13. The Morgan fingerprint density at radius 3 is 2.59 bits per heavy atom. The Hall–Kier alpha value is -1.61. The highest BCUT2D eigenvalue weighted by Crippen LogP contribution is 2.19. The molecular formula is C14H18N2O. The Labute approximate surface area is 102 Å². The number of aromatic nitrogens is 1. The van der Waals surface area contributed by atoms with Crippen LogP contribution in [0.1, 0.15) is 24.6 Å². The van der Waals surface area contributed by atoms with Crippen LogP contribution in [0.25, 0.3) is 11.5 Å². The van der Waals surface area contributed by atoms with Crippen molar-refractivity contribution in [2.75, 3.05) is 6.54 Å². The first-order valence-corrected chi connectivity index (χ1v) is 6.07. The summed E-state index contributed by atoms with van der Waals surface area (Å²) in [4.78, 5) is 4.40. The van der Waals surface area contributed by atoms with E-state index in [0.717, 1.165) is 24.1 Å². The topological polar surface area (TPSA) is 52.0 Å². The highest BCUT2D eigenvalue weighted by molar-refractivity contribution is 5.53. The van der Waals surface area contributed by atoms with Crippen molar-refractivity contribution in [1.82, 2.24) is 4.98 Å². The number of rotatable bonds is 5. The summed E-state index contributed by atoms with van der Waals surface area (Å²) < 4.78 is 5.44. The van der Waals surface area contributed by atoms with Crippen LogP contribution in [-0.2, 0) is 12.8 Å². The molecule has 2 rings (SSSR count). The number of benzene rings is 1. The first kappa shape index (κ1) is 11.9. The Bertz CT molecular complexity index is 459. The molecule has 0 amide bonds. The van der Waals surface area contributed by atoms with Gasteiger partial charge in [-0.3, -0.25) is 0 Å². The second kappa shape index (κ2) is 5.64. The largest absolute Gasteiger partial charge is 0.444 e. The molecule has 0 fully saturated rings. The SMILES string of the molecule is CCCc1ccc(-c2nc(CCN)co2)cc1. The molecule has 3 nitrogen and oxygen atoms in total. The third-order valence-electron chi connectivity index (χ3n) is 2.69. The van der Waals surface area contributed by atoms with Crippen LogP contribution in [-0.4, -0.2) is 11.5 Å². The van der Waals surface area contributed by atoms with E-state index in [0.29, 0.717) is 12.4 Å². The summed E-state index contributed by atoms with van der Waals surface area (Å²) in [5.74, 6) is 0.677. The van der Waals surface area contributed by atoms with Gasteiger partial charge in [-0.05, 0) is 30.7 Å². The molecular weight excluding hydrogens is 212 g/mol. The van der Waals surface area contributed by atoms with E-state index in [1.807, 2.05) is 0 Å². The van der Waals surface area contributed by atoms with Crippen molar-refractivity contribution in [2.24, 2.45) is 5.73 Å². The zero-order valence-corrected chi connectivity index (χ0v) is 10.1. The molecule has 0 bridgehead atoms. The van der Waals surface area contributed by atoms with E-state index < -0.39 is 0 Å². The fourth-order valence-electron chi connectivity index (χ4n) is 1.80. The third kappa shape index (κ3) is 2.94. The molecule has 1 heterocycles. The average Bonchev–Trinajstić information content (AvgIpc) is 2.80. The van der Waals surface area contributed by atoms with Gasteiger partial charge in [0, 0.05) is 12.0 Å². The Kier molecular flexibility index (Phi) is 3.94. The maximum Gasteiger partial charge on any atom is 0.226 e. The first-order valence-electron chi connectivity index (χ1n) is 6.07. The third-order valence-corrected chi connectivity index (χ3v) is 2.69. The molecule has 0 aliphatic rings. The van der Waals surface area contributed by atoms with Crippen molar-refractivity contribution >= 4 is 0 Å². The van der Waals surface area contributed by atoms with Gasteiger partial charge in [-0.2, -0.15) is 0 Å². The van der Waals surface area contributed by atoms with E-state index in [2.05, 4.69) is 36.2 Å². The van der Waals surface area contributed by atoms with Crippen LogP contribution < -0.4 is 5.73 Å². The van der Waals surface area contributed by atoms with Gasteiger partial charge in [0.2, 0.25) is 5.89 Å². The van der Waals surface area contributed by atoms with Crippen LogP contribution in [0.2, 0.25) is 0 Å². The van der Waals surface area contributed by atoms with Crippen molar-refractivity contribution in [2.45, 2.75) is 26.2 Å². The molecule has 0 unspecified atom stereocenters. The van der Waals surface area contributed by atoms with Gasteiger partial charge in [0.1, 0.15) is 6.26 Å². The molecule has 0 radical (unpaired) electrons. The minimum atomic E-state index is 0.599. The lowest BCUT2D eigenvalue weighted by Gasteiger charge is -1.99. The number of nitrogens with zero attached hydrogens (tertiary/aromatic N) is 1. The average molecular weight is 230 g/mol. The van der Waals surface area contributed by atoms with E-state index in [1.165, 1.54) is 12.0 Å². The van der Waals surface area contributed by atoms with Gasteiger partial charge in [0.25, 0.3) is 0 Å². The summed E-state index contributed by atoms with van der Waals surface area (Å²) in [5.41, 5.74) is 8.77. The molecule has 1 aromatic heterocycles. The fourth-order valence-corrected chi connectivity index (χ4v) is 1.80. The highest BCUT2D eigenvalue weighted by atomic mass is 16.3. The van der Waals surface area contributed by atoms with Gasteiger partial charge < -0.3 is 10.2 Å². The second-order valence-electron chi connectivity index (χ2n) is 4.13. The van der Waals surface area contributed by atoms with Gasteiger partial charge in [-0.1, -0.05) is 25.5 Å². The van der Waals surface area contributed by atoms with Crippen molar-refractivity contribution in [1.29, 1.82) is 0 Å². The summed E-state index contributed by atoms with van der Waals surface area (Å²) >= 11 is 0. The lowest BCUT2D eigenvalue weighted by molar-refractivity contribution is 0.572. The van der Waals surface area contributed by atoms with Crippen LogP contribution in [0, 0.1) is 0 Å². The van der Waals surface area contributed by atoms with Gasteiger partial charge in [-0.25, -0.2) is 4.98 Å². The molecule has 2 aromatic rings. The molecule has 0 aliphatic heterocycles. The standard InChI is InChI=1S/C14H18N2O/c1-2-3-11-4-6-12(7-5-11)14-16-13(8-9-15)10-17-14/h4-7,10H,2-3,8-9,15H2,1H3. The molecule has 0 saturated carbocycles. The molecule has 90 valence electrons. The Morgan fingerprint density at radius 2 is 1.94 bits per heavy atom. The predicted molar refractivity (Wildman–Crippen MR) is 68.7 cm³/mol. The van der Waals surface area contributed by atoms with Crippen LogP contribution in [0.15, 0.2) is 34.9 Å². The number of hydrogen-bond acceptors (Lipinski definition) is 3. The van der Waals surface area contributed by atoms with Crippen molar-refractivity contribution in [3.05, 3.63) is 41.8 Å².